The Labute approximate surface area is 126 Å². The molecule has 1 spiro atoms. The fourth-order valence-electron chi connectivity index (χ4n) is 4.14. The van der Waals surface area contributed by atoms with Crippen LogP contribution in [0.1, 0.15) is 46.5 Å². The van der Waals surface area contributed by atoms with E-state index < -0.39 is 5.54 Å². The molecule has 3 rings (SSSR count). The molecular formula is C16H25N3O2. The molecule has 0 radical (unpaired) electrons. The van der Waals surface area contributed by atoms with Gasteiger partial charge in [-0.2, -0.15) is 0 Å². The zero-order valence-corrected chi connectivity index (χ0v) is 13.2. The van der Waals surface area contributed by atoms with Crippen LogP contribution in [0.4, 0.5) is 4.79 Å². The van der Waals surface area contributed by atoms with Crippen LogP contribution in [0.5, 0.6) is 0 Å². The summed E-state index contributed by atoms with van der Waals surface area (Å²) in [5.74, 6) is -0.0271. The number of imide groups is 1. The van der Waals surface area contributed by atoms with Gasteiger partial charge in [0, 0.05) is 0 Å². The summed E-state index contributed by atoms with van der Waals surface area (Å²) in [6, 6.07) is -0.316. The van der Waals surface area contributed by atoms with Gasteiger partial charge in [-0.05, 0) is 51.1 Å². The van der Waals surface area contributed by atoms with Gasteiger partial charge in [0.05, 0.1) is 6.04 Å². The quantitative estimate of drug-likeness (QED) is 0.572. The summed E-state index contributed by atoms with van der Waals surface area (Å²) in [6.45, 7) is 8.06. The number of rotatable bonds is 1. The van der Waals surface area contributed by atoms with Gasteiger partial charge in [-0.1, -0.05) is 25.5 Å². The van der Waals surface area contributed by atoms with E-state index in [1.54, 1.807) is 0 Å². The number of amides is 3. The smallest absolute Gasteiger partial charge is 0.323 e. The number of carbonyl (C=O) groups is 2. The number of nitrogens with one attached hydrogen (secondary N) is 2. The van der Waals surface area contributed by atoms with E-state index in [-0.39, 0.29) is 23.4 Å². The number of piperidine rings is 1. The van der Waals surface area contributed by atoms with Crippen molar-refractivity contribution in [3.05, 3.63) is 11.6 Å². The predicted molar refractivity (Wildman–Crippen MR) is 80.8 cm³/mol. The van der Waals surface area contributed by atoms with Crippen molar-refractivity contribution in [2.45, 2.75) is 58.0 Å². The largest absolute Gasteiger partial charge is 0.325 e. The summed E-state index contributed by atoms with van der Waals surface area (Å²) in [5, 5.41) is 6.23. The summed E-state index contributed by atoms with van der Waals surface area (Å²) in [6.07, 6.45) is 5.35. The van der Waals surface area contributed by atoms with E-state index >= 15 is 0 Å². The minimum absolute atomic E-state index is 0.0271. The van der Waals surface area contributed by atoms with Gasteiger partial charge in [0.15, 0.2) is 0 Å². The number of hydrogen-bond donors (Lipinski definition) is 2. The Morgan fingerprint density at radius 3 is 2.52 bits per heavy atom. The molecule has 0 saturated carbocycles. The van der Waals surface area contributed by atoms with Crippen molar-refractivity contribution >= 4 is 11.9 Å². The third kappa shape index (κ3) is 2.48. The first-order chi connectivity index (χ1) is 9.83. The van der Waals surface area contributed by atoms with Gasteiger partial charge in [-0.15, -0.1) is 0 Å². The van der Waals surface area contributed by atoms with Crippen molar-refractivity contribution in [3.63, 3.8) is 0 Å². The zero-order valence-electron chi connectivity index (χ0n) is 13.2. The van der Waals surface area contributed by atoms with E-state index in [2.05, 4.69) is 37.5 Å². The third-order valence-electron chi connectivity index (χ3n) is 4.98. The van der Waals surface area contributed by atoms with Crippen LogP contribution in [0.15, 0.2) is 11.6 Å². The zero-order chi connectivity index (χ0) is 15.3. The Morgan fingerprint density at radius 2 is 1.90 bits per heavy atom. The van der Waals surface area contributed by atoms with E-state index in [1.165, 1.54) is 10.5 Å². The second-order valence-electron chi connectivity index (χ2n) is 7.56. The van der Waals surface area contributed by atoms with Crippen LogP contribution in [0.3, 0.4) is 0 Å². The van der Waals surface area contributed by atoms with E-state index in [0.29, 0.717) is 12.8 Å². The molecule has 2 fully saturated rings. The van der Waals surface area contributed by atoms with E-state index in [4.69, 9.17) is 0 Å². The molecule has 1 atom stereocenters. The first-order valence-electron chi connectivity index (χ1n) is 7.87. The van der Waals surface area contributed by atoms with Gasteiger partial charge in [-0.3, -0.25) is 9.69 Å². The Kier molecular flexibility index (Phi) is 3.35. The highest BCUT2D eigenvalue weighted by Crippen LogP contribution is 2.39. The Bertz CT molecular complexity index is 504. The van der Waals surface area contributed by atoms with Gasteiger partial charge < -0.3 is 10.6 Å². The maximum Gasteiger partial charge on any atom is 0.325 e. The van der Waals surface area contributed by atoms with Crippen molar-refractivity contribution in [2.75, 3.05) is 13.1 Å². The fourth-order valence-corrected chi connectivity index (χ4v) is 4.14. The number of hydrogen-bond acceptors (Lipinski definition) is 3. The lowest BCUT2D eigenvalue weighted by atomic mass is 9.75. The van der Waals surface area contributed by atoms with Crippen LogP contribution in [0, 0.1) is 5.41 Å². The summed E-state index contributed by atoms with van der Waals surface area (Å²) in [4.78, 5) is 26.8. The van der Waals surface area contributed by atoms with E-state index in [1.807, 2.05) is 0 Å². The molecule has 2 N–H and O–H groups in total. The van der Waals surface area contributed by atoms with Crippen molar-refractivity contribution < 1.29 is 9.59 Å². The minimum atomic E-state index is -0.661. The number of nitrogens with zero attached hydrogens (tertiary/aromatic N) is 1. The van der Waals surface area contributed by atoms with Gasteiger partial charge in [0.25, 0.3) is 5.91 Å². The molecule has 21 heavy (non-hydrogen) atoms. The molecule has 0 bridgehead atoms. The average Bonchev–Trinajstić information content (AvgIpc) is 2.59. The summed E-state index contributed by atoms with van der Waals surface area (Å²) >= 11 is 0. The molecule has 1 aliphatic carbocycles. The average molecular weight is 291 g/mol. The number of allylic oxidation sites excluding steroid dienone is 1. The lowest BCUT2D eigenvalue weighted by molar-refractivity contribution is -0.133. The maximum absolute atomic E-state index is 12.9. The molecule has 0 aromatic rings. The molecule has 2 heterocycles. The normalized spacial score (nSPS) is 31.3. The van der Waals surface area contributed by atoms with Crippen molar-refractivity contribution in [3.8, 4) is 0 Å². The molecule has 2 saturated heterocycles. The maximum atomic E-state index is 12.9. The van der Waals surface area contributed by atoms with Crippen LogP contribution in [0.2, 0.25) is 0 Å². The Hall–Kier alpha value is -1.36. The first kappa shape index (κ1) is 14.6. The highest BCUT2D eigenvalue weighted by molar-refractivity contribution is 6.07. The van der Waals surface area contributed by atoms with Crippen molar-refractivity contribution in [1.82, 2.24) is 15.5 Å². The van der Waals surface area contributed by atoms with Crippen LogP contribution < -0.4 is 10.6 Å². The topological polar surface area (TPSA) is 61.4 Å². The fraction of sp³-hybridized carbons (Fsp3) is 0.750. The van der Waals surface area contributed by atoms with Gasteiger partial charge in [0.2, 0.25) is 0 Å². The lowest BCUT2D eigenvalue weighted by Crippen LogP contribution is -2.54. The number of carbonyl (C=O) groups excluding carboxylic acids is 2. The molecule has 0 unspecified atom stereocenters. The highest BCUT2D eigenvalue weighted by atomic mass is 16.2. The monoisotopic (exact) mass is 291 g/mol. The summed E-state index contributed by atoms with van der Waals surface area (Å²) in [5.41, 5.74) is 0.739. The molecule has 0 aromatic heterocycles. The van der Waals surface area contributed by atoms with Crippen LogP contribution in [-0.2, 0) is 4.79 Å². The lowest BCUT2D eigenvalue weighted by Gasteiger charge is -2.37. The summed E-state index contributed by atoms with van der Waals surface area (Å²) in [7, 11) is 0. The second kappa shape index (κ2) is 4.83. The molecule has 0 aromatic carbocycles. The highest BCUT2D eigenvalue weighted by Gasteiger charge is 2.53. The van der Waals surface area contributed by atoms with Gasteiger partial charge >= 0.3 is 6.03 Å². The van der Waals surface area contributed by atoms with E-state index in [9.17, 15) is 9.59 Å². The van der Waals surface area contributed by atoms with Crippen LogP contribution in [-0.4, -0.2) is 41.5 Å². The van der Waals surface area contributed by atoms with Crippen molar-refractivity contribution in [2.24, 2.45) is 5.41 Å². The van der Waals surface area contributed by atoms with Crippen LogP contribution in [0.25, 0.3) is 0 Å². The summed E-state index contributed by atoms with van der Waals surface area (Å²) < 4.78 is 0. The SMILES string of the molecule is CC1=C[C@@H](N2C(=O)NC3(CCNCC3)C2=O)CC(C)(C)C1. The first-order valence-corrected chi connectivity index (χ1v) is 7.87. The minimum Gasteiger partial charge on any atom is -0.323 e. The Balaban J connectivity index is 1.87. The molecule has 3 amide bonds. The third-order valence-corrected chi connectivity index (χ3v) is 4.98. The molecular weight excluding hydrogens is 266 g/mol. The predicted octanol–water partition coefficient (Wildman–Crippen LogP) is 1.80. The van der Waals surface area contributed by atoms with Gasteiger partial charge in [-0.25, -0.2) is 4.79 Å². The molecule has 2 aliphatic heterocycles. The van der Waals surface area contributed by atoms with Gasteiger partial charge in [0.1, 0.15) is 5.54 Å². The Morgan fingerprint density at radius 1 is 1.24 bits per heavy atom. The standard InChI is InChI=1S/C16H25N3O2/c1-11-8-12(10-15(2,3)9-11)19-13(20)16(18-14(19)21)4-6-17-7-5-16/h8,12,17H,4-7,9-10H2,1-3H3,(H,18,21)/t12-/m1/s1. The number of urea groups is 1. The van der Waals surface area contributed by atoms with Crippen LogP contribution >= 0.6 is 0 Å². The molecule has 5 heteroatoms. The molecule has 3 aliphatic rings. The second-order valence-corrected chi connectivity index (χ2v) is 7.56. The van der Waals surface area contributed by atoms with E-state index in [0.717, 1.165) is 25.9 Å². The van der Waals surface area contributed by atoms with Crippen molar-refractivity contribution in [1.29, 1.82) is 0 Å². The molecule has 116 valence electrons. The molecule has 5 nitrogen and oxygen atoms in total.